The summed E-state index contributed by atoms with van der Waals surface area (Å²) in [5.41, 5.74) is 0. The molecule has 0 aliphatic heterocycles. The Morgan fingerprint density at radius 1 is 0.742 bits per heavy atom. The van der Waals surface area contributed by atoms with Gasteiger partial charge in [-0.2, -0.15) is 15.0 Å². The van der Waals surface area contributed by atoms with E-state index in [1.165, 1.54) is 52.7 Å². The Balaban J connectivity index is 1.59. The molecule has 0 N–H and O–H groups in total. The van der Waals surface area contributed by atoms with E-state index in [1.54, 1.807) is 0 Å². The van der Waals surface area contributed by atoms with Crippen LogP contribution < -0.4 is 0 Å². The summed E-state index contributed by atoms with van der Waals surface area (Å²) >= 11 is 6.55. The van der Waals surface area contributed by atoms with E-state index in [1.807, 2.05) is 60.7 Å². The number of aromatic nitrogens is 5. The maximum Gasteiger partial charge on any atom is 0.218 e. The van der Waals surface area contributed by atoms with Crippen LogP contribution in [0.3, 0.4) is 0 Å². The van der Waals surface area contributed by atoms with E-state index in [2.05, 4.69) is 31.7 Å². The number of nitrogens with zero attached hydrogens (tertiary/aromatic N) is 5. The Kier molecular flexibility index (Phi) is 7.76. The molecule has 154 valence electrons. The lowest BCUT2D eigenvalue weighted by Gasteiger charge is -2.06. The minimum absolute atomic E-state index is 0.170. The van der Waals surface area contributed by atoms with Gasteiger partial charge in [-0.25, -0.2) is 0 Å². The number of thioether (sulfide) groups is 1. The zero-order valence-electron chi connectivity index (χ0n) is 15.7. The fraction of sp³-hybridized carbons (Fsp3) is 0. The van der Waals surface area contributed by atoms with E-state index in [9.17, 15) is 4.79 Å². The van der Waals surface area contributed by atoms with E-state index in [-0.39, 0.29) is 5.12 Å². The van der Waals surface area contributed by atoms with Gasteiger partial charge in [-0.1, -0.05) is 54.3 Å². The van der Waals surface area contributed by atoms with Crippen LogP contribution in [0.15, 0.2) is 107 Å². The van der Waals surface area contributed by atoms with Crippen LogP contribution in [0, 0.1) is 0 Å². The lowest BCUT2D eigenvalue weighted by molar-refractivity contribution is -0.107. The third kappa shape index (κ3) is 6.65. The number of hydrogen-bond acceptors (Lipinski definition) is 11. The van der Waals surface area contributed by atoms with Crippen LogP contribution in [-0.2, 0) is 4.79 Å². The van der Waals surface area contributed by atoms with Crippen LogP contribution in [0.1, 0.15) is 0 Å². The summed E-state index contributed by atoms with van der Waals surface area (Å²) < 4.78 is 1.20. The zero-order valence-corrected chi connectivity index (χ0v) is 19.8. The molecule has 0 amide bonds. The Morgan fingerprint density at radius 2 is 1.23 bits per heavy atom. The standard InChI is InChI=1S/C20H13N5OS5/c1-2-15(26)29-19-24-25-20(31-19)30-18-22-16(27-13-9-5-3-6-10-13)21-17(23-18)28-14-11-7-4-8-12-14/h2-12H,1H2. The van der Waals surface area contributed by atoms with Crippen molar-refractivity contribution in [2.75, 3.05) is 0 Å². The zero-order chi connectivity index (χ0) is 21.5. The van der Waals surface area contributed by atoms with Crippen LogP contribution >= 0.6 is 58.4 Å². The fourth-order valence-electron chi connectivity index (χ4n) is 2.13. The van der Waals surface area contributed by atoms with Gasteiger partial charge in [0.2, 0.25) is 5.12 Å². The molecule has 0 aliphatic carbocycles. The monoisotopic (exact) mass is 499 g/mol. The summed E-state index contributed by atoms with van der Waals surface area (Å²) in [5, 5.41) is 9.73. The summed E-state index contributed by atoms with van der Waals surface area (Å²) in [6, 6.07) is 19.9. The maximum atomic E-state index is 11.5. The first-order chi connectivity index (χ1) is 15.2. The summed E-state index contributed by atoms with van der Waals surface area (Å²) in [5.74, 6) is 0. The van der Waals surface area contributed by atoms with E-state index >= 15 is 0 Å². The highest BCUT2D eigenvalue weighted by molar-refractivity contribution is 8.15. The van der Waals surface area contributed by atoms with Gasteiger partial charge in [0.05, 0.1) is 0 Å². The first-order valence-electron chi connectivity index (χ1n) is 8.75. The normalized spacial score (nSPS) is 10.7. The largest absolute Gasteiger partial charge is 0.282 e. The number of benzene rings is 2. The third-order valence-corrected chi connectivity index (χ3v) is 7.90. The van der Waals surface area contributed by atoms with Crippen LogP contribution in [0.2, 0.25) is 0 Å². The molecule has 31 heavy (non-hydrogen) atoms. The molecule has 6 nitrogen and oxygen atoms in total. The summed E-state index contributed by atoms with van der Waals surface area (Å²) in [7, 11) is 0. The van der Waals surface area contributed by atoms with E-state index in [0.717, 1.165) is 21.6 Å². The minimum Gasteiger partial charge on any atom is -0.282 e. The van der Waals surface area contributed by atoms with Crippen molar-refractivity contribution in [1.29, 1.82) is 0 Å². The quantitative estimate of drug-likeness (QED) is 0.213. The predicted octanol–water partition coefficient (Wildman–Crippen LogP) is 5.98. The van der Waals surface area contributed by atoms with Crippen molar-refractivity contribution in [1.82, 2.24) is 25.1 Å². The molecule has 0 spiro atoms. The molecule has 2 aromatic carbocycles. The molecule has 0 saturated carbocycles. The van der Waals surface area contributed by atoms with Gasteiger partial charge in [-0.05, 0) is 77.4 Å². The van der Waals surface area contributed by atoms with E-state index in [0.29, 0.717) is 24.1 Å². The van der Waals surface area contributed by atoms with Crippen molar-refractivity contribution >= 4 is 63.5 Å². The van der Waals surface area contributed by atoms with Gasteiger partial charge in [-0.15, -0.1) is 10.2 Å². The molecular formula is C20H13N5OS5. The molecule has 11 heteroatoms. The molecule has 0 aliphatic rings. The number of rotatable bonds is 8. The molecule has 4 rings (SSSR count). The highest BCUT2D eigenvalue weighted by Crippen LogP contribution is 2.35. The Morgan fingerprint density at radius 3 is 1.74 bits per heavy atom. The molecule has 0 fully saturated rings. The lowest BCUT2D eigenvalue weighted by atomic mass is 10.4. The summed E-state index contributed by atoms with van der Waals surface area (Å²) in [4.78, 5) is 27.4. The Labute approximate surface area is 199 Å². The lowest BCUT2D eigenvalue weighted by Crippen LogP contribution is -1.96. The molecule has 0 bridgehead atoms. The molecule has 2 heterocycles. The average Bonchev–Trinajstić information content (AvgIpc) is 3.21. The second-order valence-electron chi connectivity index (χ2n) is 5.57. The topological polar surface area (TPSA) is 81.5 Å². The van der Waals surface area contributed by atoms with Gasteiger partial charge in [-0.3, -0.25) is 4.79 Å². The van der Waals surface area contributed by atoms with Crippen molar-refractivity contribution in [3.8, 4) is 0 Å². The molecule has 4 aromatic rings. The SMILES string of the molecule is C=CC(=O)Sc1nnc(Sc2nc(Sc3ccccc3)nc(Sc3ccccc3)n2)s1. The second-order valence-corrected chi connectivity index (χ2v) is 11.1. The van der Waals surface area contributed by atoms with Crippen molar-refractivity contribution < 1.29 is 4.79 Å². The van der Waals surface area contributed by atoms with Crippen LogP contribution in [0.25, 0.3) is 0 Å². The van der Waals surface area contributed by atoms with Crippen LogP contribution in [0.5, 0.6) is 0 Å². The van der Waals surface area contributed by atoms with Gasteiger partial charge >= 0.3 is 0 Å². The van der Waals surface area contributed by atoms with E-state index < -0.39 is 0 Å². The molecule has 2 aromatic heterocycles. The van der Waals surface area contributed by atoms with Crippen molar-refractivity contribution in [3.63, 3.8) is 0 Å². The van der Waals surface area contributed by atoms with E-state index in [4.69, 9.17) is 0 Å². The first-order valence-corrected chi connectivity index (χ1v) is 12.8. The Hall–Kier alpha value is -2.18. The average molecular weight is 500 g/mol. The minimum atomic E-state index is -0.170. The molecule has 0 saturated heterocycles. The first kappa shape index (κ1) is 22.0. The summed E-state index contributed by atoms with van der Waals surface area (Å²) in [6.07, 6.45) is 1.25. The van der Waals surface area contributed by atoms with Gasteiger partial charge in [0.1, 0.15) is 0 Å². The van der Waals surface area contributed by atoms with Crippen molar-refractivity contribution in [2.24, 2.45) is 0 Å². The highest BCUT2D eigenvalue weighted by Gasteiger charge is 2.14. The smallest absolute Gasteiger partial charge is 0.218 e. The highest BCUT2D eigenvalue weighted by atomic mass is 32.2. The molecule has 0 radical (unpaired) electrons. The fourth-order valence-corrected chi connectivity index (χ4v) is 6.43. The van der Waals surface area contributed by atoms with Gasteiger partial charge < -0.3 is 0 Å². The van der Waals surface area contributed by atoms with Crippen LogP contribution in [0.4, 0.5) is 0 Å². The maximum absolute atomic E-state index is 11.5. The predicted molar refractivity (Wildman–Crippen MR) is 126 cm³/mol. The number of carbonyl (C=O) groups is 1. The van der Waals surface area contributed by atoms with Crippen molar-refractivity contribution in [3.05, 3.63) is 73.3 Å². The third-order valence-electron chi connectivity index (χ3n) is 3.40. The van der Waals surface area contributed by atoms with Gasteiger partial charge in [0.25, 0.3) is 0 Å². The van der Waals surface area contributed by atoms with Crippen LogP contribution in [-0.4, -0.2) is 30.3 Å². The van der Waals surface area contributed by atoms with Gasteiger partial charge in [0, 0.05) is 9.79 Å². The molecule has 0 atom stereocenters. The number of carbonyl (C=O) groups excluding carboxylic acids is 1. The number of hydrogen-bond donors (Lipinski definition) is 0. The summed E-state index contributed by atoms with van der Waals surface area (Å²) in [6.45, 7) is 3.47. The second kappa shape index (κ2) is 10.9. The van der Waals surface area contributed by atoms with Gasteiger partial charge in [0.15, 0.2) is 24.1 Å². The Bertz CT molecular complexity index is 1130. The van der Waals surface area contributed by atoms with Crippen molar-refractivity contribution in [2.45, 2.75) is 33.9 Å². The molecular weight excluding hydrogens is 487 g/mol. The molecule has 0 unspecified atom stereocenters.